The van der Waals surface area contributed by atoms with E-state index in [9.17, 15) is 0 Å². The third-order valence-corrected chi connectivity index (χ3v) is 3.48. The van der Waals surface area contributed by atoms with Gasteiger partial charge in [-0.1, -0.05) is 44.2 Å². The fourth-order valence-corrected chi connectivity index (χ4v) is 2.67. The van der Waals surface area contributed by atoms with Gasteiger partial charge in [0.05, 0.1) is 0 Å². The molecule has 0 amide bonds. The molecule has 1 atom stereocenters. The highest BCUT2D eigenvalue weighted by Crippen LogP contribution is 2.15. The first kappa shape index (κ1) is 16.2. The largest absolute Gasteiger partial charge is 0.315 e. The van der Waals surface area contributed by atoms with Crippen molar-refractivity contribution in [2.75, 3.05) is 13.6 Å². The predicted molar refractivity (Wildman–Crippen MR) is 84.5 cm³/mol. The highest BCUT2D eigenvalue weighted by molar-refractivity contribution is 5.16. The van der Waals surface area contributed by atoms with Crippen molar-refractivity contribution in [3.8, 4) is 0 Å². The Labute approximate surface area is 119 Å². The zero-order valence-corrected chi connectivity index (χ0v) is 13.2. The van der Waals surface area contributed by atoms with Crippen LogP contribution in [0.3, 0.4) is 0 Å². The molecule has 1 aromatic rings. The quantitative estimate of drug-likeness (QED) is 0.751. The Hall–Kier alpha value is -0.860. The Morgan fingerprint density at radius 2 is 1.74 bits per heavy atom. The van der Waals surface area contributed by atoms with E-state index in [0.717, 1.165) is 18.9 Å². The molecule has 1 aromatic carbocycles. The first-order chi connectivity index (χ1) is 8.93. The third-order valence-electron chi connectivity index (χ3n) is 3.48. The molecule has 2 heteroatoms. The van der Waals surface area contributed by atoms with Crippen LogP contribution in [0.25, 0.3) is 0 Å². The maximum atomic E-state index is 3.70. The summed E-state index contributed by atoms with van der Waals surface area (Å²) in [4.78, 5) is 0. The molecule has 0 saturated heterocycles. The SMILES string of the molecule is CNC(CNC(C)(C)CC(C)C)Cc1ccccc1. The molecule has 0 bridgehead atoms. The van der Waals surface area contributed by atoms with Crippen molar-refractivity contribution in [3.63, 3.8) is 0 Å². The van der Waals surface area contributed by atoms with Gasteiger partial charge in [-0.2, -0.15) is 0 Å². The summed E-state index contributed by atoms with van der Waals surface area (Å²) in [5.74, 6) is 0.727. The Morgan fingerprint density at radius 1 is 1.11 bits per heavy atom. The van der Waals surface area contributed by atoms with Crippen LogP contribution in [0.5, 0.6) is 0 Å². The predicted octanol–water partition coefficient (Wildman–Crippen LogP) is 3.23. The summed E-state index contributed by atoms with van der Waals surface area (Å²) in [7, 11) is 2.05. The summed E-state index contributed by atoms with van der Waals surface area (Å²) >= 11 is 0. The van der Waals surface area contributed by atoms with E-state index in [1.165, 1.54) is 12.0 Å². The van der Waals surface area contributed by atoms with Crippen molar-refractivity contribution in [1.29, 1.82) is 0 Å². The van der Waals surface area contributed by atoms with E-state index in [-0.39, 0.29) is 5.54 Å². The molecule has 0 fully saturated rings. The van der Waals surface area contributed by atoms with Gasteiger partial charge in [0, 0.05) is 18.1 Å². The summed E-state index contributed by atoms with van der Waals surface area (Å²) in [6.07, 6.45) is 2.27. The van der Waals surface area contributed by atoms with Gasteiger partial charge in [-0.25, -0.2) is 0 Å². The number of benzene rings is 1. The third kappa shape index (κ3) is 6.74. The molecule has 19 heavy (non-hydrogen) atoms. The fourth-order valence-electron chi connectivity index (χ4n) is 2.67. The number of nitrogens with one attached hydrogen (secondary N) is 2. The van der Waals surface area contributed by atoms with Crippen molar-refractivity contribution in [3.05, 3.63) is 35.9 Å². The van der Waals surface area contributed by atoms with Crippen molar-refractivity contribution in [2.45, 2.75) is 52.1 Å². The van der Waals surface area contributed by atoms with Crippen molar-refractivity contribution >= 4 is 0 Å². The molecule has 2 N–H and O–H groups in total. The van der Waals surface area contributed by atoms with E-state index in [4.69, 9.17) is 0 Å². The van der Waals surface area contributed by atoms with Gasteiger partial charge in [0.25, 0.3) is 0 Å². The lowest BCUT2D eigenvalue weighted by Crippen LogP contribution is -2.48. The summed E-state index contributed by atoms with van der Waals surface area (Å²) in [5, 5.41) is 7.11. The second kappa shape index (κ2) is 7.66. The molecule has 0 aliphatic heterocycles. The smallest absolute Gasteiger partial charge is 0.0230 e. The van der Waals surface area contributed by atoms with Crippen LogP contribution in [0.2, 0.25) is 0 Å². The van der Waals surface area contributed by atoms with Gasteiger partial charge < -0.3 is 10.6 Å². The molecule has 0 spiro atoms. The first-order valence-corrected chi connectivity index (χ1v) is 7.39. The lowest BCUT2D eigenvalue weighted by Gasteiger charge is -2.30. The van der Waals surface area contributed by atoms with Crippen LogP contribution in [0.15, 0.2) is 30.3 Å². The van der Waals surface area contributed by atoms with Crippen LogP contribution in [-0.2, 0) is 6.42 Å². The number of hydrogen-bond acceptors (Lipinski definition) is 2. The Morgan fingerprint density at radius 3 is 2.26 bits per heavy atom. The monoisotopic (exact) mass is 262 g/mol. The van der Waals surface area contributed by atoms with Crippen LogP contribution < -0.4 is 10.6 Å². The van der Waals surface area contributed by atoms with Gasteiger partial charge in [0.1, 0.15) is 0 Å². The standard InChI is InChI=1S/C17H30N2/c1-14(2)12-17(3,4)19-13-16(18-5)11-15-9-7-6-8-10-15/h6-10,14,16,18-19H,11-13H2,1-5H3. The van der Waals surface area contributed by atoms with Gasteiger partial charge in [-0.3, -0.25) is 0 Å². The maximum absolute atomic E-state index is 3.70. The van der Waals surface area contributed by atoms with E-state index < -0.39 is 0 Å². The molecule has 2 nitrogen and oxygen atoms in total. The van der Waals surface area contributed by atoms with Crippen LogP contribution in [0.4, 0.5) is 0 Å². The zero-order chi connectivity index (χ0) is 14.3. The molecule has 108 valence electrons. The molecular weight excluding hydrogens is 232 g/mol. The summed E-state index contributed by atoms with van der Waals surface area (Å²) in [6, 6.07) is 11.2. The van der Waals surface area contributed by atoms with Gasteiger partial charge >= 0.3 is 0 Å². The minimum absolute atomic E-state index is 0.208. The second-order valence-corrected chi connectivity index (χ2v) is 6.54. The number of rotatable bonds is 8. The van der Waals surface area contributed by atoms with Crippen molar-refractivity contribution in [2.24, 2.45) is 5.92 Å². The Balaban J connectivity index is 2.45. The minimum atomic E-state index is 0.208. The zero-order valence-electron chi connectivity index (χ0n) is 13.2. The van der Waals surface area contributed by atoms with E-state index in [0.29, 0.717) is 6.04 Å². The van der Waals surface area contributed by atoms with Crippen molar-refractivity contribution < 1.29 is 0 Å². The minimum Gasteiger partial charge on any atom is -0.315 e. The van der Waals surface area contributed by atoms with Crippen molar-refractivity contribution in [1.82, 2.24) is 10.6 Å². The van der Waals surface area contributed by atoms with E-state index >= 15 is 0 Å². The molecule has 0 heterocycles. The molecule has 0 aromatic heterocycles. The van der Waals surface area contributed by atoms with Gasteiger partial charge in [-0.05, 0) is 45.2 Å². The molecular formula is C17H30N2. The van der Waals surface area contributed by atoms with Gasteiger partial charge in [0.15, 0.2) is 0 Å². The van der Waals surface area contributed by atoms with Crippen LogP contribution in [-0.4, -0.2) is 25.2 Å². The molecule has 0 aliphatic carbocycles. The highest BCUT2D eigenvalue weighted by atomic mass is 15.0. The number of likely N-dealkylation sites (N-methyl/N-ethyl adjacent to an activating group) is 1. The maximum Gasteiger partial charge on any atom is 0.0230 e. The topological polar surface area (TPSA) is 24.1 Å². The van der Waals surface area contributed by atoms with E-state index in [1.54, 1.807) is 0 Å². The second-order valence-electron chi connectivity index (χ2n) is 6.54. The van der Waals surface area contributed by atoms with Gasteiger partial charge in [-0.15, -0.1) is 0 Å². The Bertz CT molecular complexity index is 344. The lowest BCUT2D eigenvalue weighted by atomic mass is 9.92. The van der Waals surface area contributed by atoms with E-state index in [2.05, 4.69) is 68.7 Å². The normalized spacial score (nSPS) is 13.8. The first-order valence-electron chi connectivity index (χ1n) is 7.39. The molecule has 1 rings (SSSR count). The number of hydrogen-bond donors (Lipinski definition) is 2. The molecule has 0 saturated carbocycles. The van der Waals surface area contributed by atoms with Crippen LogP contribution in [0, 0.1) is 5.92 Å². The summed E-state index contributed by atoms with van der Waals surface area (Å²) in [6.45, 7) is 10.2. The average Bonchev–Trinajstić information content (AvgIpc) is 2.34. The lowest BCUT2D eigenvalue weighted by molar-refractivity contribution is 0.303. The average molecular weight is 262 g/mol. The van der Waals surface area contributed by atoms with E-state index in [1.807, 2.05) is 7.05 Å². The highest BCUT2D eigenvalue weighted by Gasteiger charge is 2.20. The Kier molecular flexibility index (Phi) is 6.53. The summed E-state index contributed by atoms with van der Waals surface area (Å²) in [5.41, 5.74) is 1.60. The van der Waals surface area contributed by atoms with Crippen LogP contribution >= 0.6 is 0 Å². The molecule has 0 aliphatic rings. The molecule has 1 unspecified atom stereocenters. The van der Waals surface area contributed by atoms with Crippen LogP contribution in [0.1, 0.15) is 39.7 Å². The van der Waals surface area contributed by atoms with Gasteiger partial charge in [0.2, 0.25) is 0 Å². The fraction of sp³-hybridized carbons (Fsp3) is 0.647. The molecule has 0 radical (unpaired) electrons. The summed E-state index contributed by atoms with van der Waals surface area (Å²) < 4.78 is 0.